The summed E-state index contributed by atoms with van der Waals surface area (Å²) in [5.74, 6) is 0. The van der Waals surface area contributed by atoms with Crippen LogP contribution < -0.4 is 5.56 Å². The molecule has 37 heavy (non-hydrogen) atoms. The van der Waals surface area contributed by atoms with Gasteiger partial charge in [-0.1, -0.05) is 32.0 Å². The highest BCUT2D eigenvalue weighted by Crippen LogP contribution is 2.29. The molecule has 0 amide bonds. The Morgan fingerprint density at radius 3 is 2.54 bits per heavy atom. The molecule has 0 spiro atoms. The average Bonchev–Trinajstić information content (AvgIpc) is 3.37. The number of aromatic nitrogens is 4. The van der Waals surface area contributed by atoms with Crippen molar-refractivity contribution in [2.75, 3.05) is 12.8 Å². The van der Waals surface area contributed by atoms with E-state index in [2.05, 4.69) is 5.10 Å². The van der Waals surface area contributed by atoms with Crippen molar-refractivity contribution >= 4 is 38.9 Å². The minimum atomic E-state index is -1.07. The molecule has 0 saturated heterocycles. The van der Waals surface area contributed by atoms with Gasteiger partial charge in [0.05, 0.1) is 35.8 Å². The molecule has 1 atom stereocenters. The molecular formula is C27H35N5O4S. The van der Waals surface area contributed by atoms with Gasteiger partial charge < -0.3 is 9.30 Å². The van der Waals surface area contributed by atoms with Crippen molar-refractivity contribution in [3.63, 3.8) is 0 Å². The second-order valence-electron chi connectivity index (χ2n) is 9.91. The van der Waals surface area contributed by atoms with Crippen molar-refractivity contribution in [1.82, 2.24) is 23.2 Å². The van der Waals surface area contributed by atoms with E-state index in [9.17, 15) is 13.8 Å². The van der Waals surface area contributed by atoms with Gasteiger partial charge in [0.1, 0.15) is 11.1 Å². The van der Waals surface area contributed by atoms with E-state index in [1.165, 1.54) is 9.25 Å². The Morgan fingerprint density at radius 2 is 1.86 bits per heavy atom. The second-order valence-corrected chi connectivity index (χ2v) is 11.3. The van der Waals surface area contributed by atoms with Gasteiger partial charge in [-0.3, -0.25) is 9.36 Å². The summed E-state index contributed by atoms with van der Waals surface area (Å²) in [6.07, 6.45) is 5.41. The van der Waals surface area contributed by atoms with Crippen LogP contribution in [0.15, 0.2) is 41.5 Å². The molecule has 4 heterocycles. The fraction of sp³-hybridized carbons (Fsp3) is 0.444. The molecule has 10 heteroatoms. The number of hydrogen-bond acceptors (Lipinski definition) is 5. The van der Waals surface area contributed by atoms with Crippen molar-refractivity contribution in [2.24, 2.45) is 7.05 Å². The summed E-state index contributed by atoms with van der Waals surface area (Å²) in [7, 11) is 0.812. The molecule has 0 radical (unpaired) electrons. The van der Waals surface area contributed by atoms with Crippen molar-refractivity contribution in [2.45, 2.75) is 59.7 Å². The average molecular weight is 526 g/mol. The first-order valence-corrected chi connectivity index (χ1v) is 14.0. The quantitative estimate of drug-likeness (QED) is 0.400. The summed E-state index contributed by atoms with van der Waals surface area (Å²) in [5.41, 5.74) is 3.38. The highest BCUT2D eigenvalue weighted by Gasteiger charge is 2.27. The topological polar surface area (TPSA) is 91.4 Å². The summed E-state index contributed by atoms with van der Waals surface area (Å²) in [6.45, 7) is 10.9. The van der Waals surface area contributed by atoms with Crippen LogP contribution >= 0.6 is 0 Å². The number of carbonyl (C=O) groups excluding carboxylic acids is 1. The SMILES string of the molecule is CC.Cn1c2c(c3cnn(Cc4cn(C(=O)OC(C)(C)C)c5ccccc45)c(=O)c31)CCN(S(C)=O)C2. The summed E-state index contributed by atoms with van der Waals surface area (Å²) < 4.78 is 24.3. The van der Waals surface area contributed by atoms with Crippen LogP contribution in [0.25, 0.3) is 21.8 Å². The van der Waals surface area contributed by atoms with Gasteiger partial charge in [0.15, 0.2) is 0 Å². The van der Waals surface area contributed by atoms with Gasteiger partial charge in [0.25, 0.3) is 5.56 Å². The van der Waals surface area contributed by atoms with Crippen LogP contribution in [-0.4, -0.2) is 51.9 Å². The van der Waals surface area contributed by atoms with Gasteiger partial charge in [-0.25, -0.2) is 18.0 Å². The molecule has 0 N–H and O–H groups in total. The largest absolute Gasteiger partial charge is 0.443 e. The predicted molar refractivity (Wildman–Crippen MR) is 147 cm³/mol. The summed E-state index contributed by atoms with van der Waals surface area (Å²) in [6, 6.07) is 7.55. The smallest absolute Gasteiger partial charge is 0.419 e. The van der Waals surface area contributed by atoms with Crippen molar-refractivity contribution in [3.8, 4) is 0 Å². The molecule has 1 aliphatic rings. The number of hydrogen-bond donors (Lipinski definition) is 0. The Labute approximate surface area is 219 Å². The third kappa shape index (κ3) is 5.00. The number of nitrogens with zero attached hydrogens (tertiary/aromatic N) is 5. The van der Waals surface area contributed by atoms with E-state index in [-0.39, 0.29) is 12.1 Å². The number of fused-ring (bicyclic) bond motifs is 4. The van der Waals surface area contributed by atoms with Gasteiger partial charge in [0.2, 0.25) is 0 Å². The molecule has 198 valence electrons. The molecule has 5 rings (SSSR count). The lowest BCUT2D eigenvalue weighted by Gasteiger charge is -2.25. The standard InChI is InChI=1S/C25H29N5O4S.C2H6/c1-25(2,3)34-24(32)29-13-16(17-8-6-7-9-20(17)29)14-30-23(31)22-19(12-26-30)18-10-11-28(35(5)33)15-21(18)27(22)4;1-2/h6-9,12-13H,10-11,14-15H2,1-5H3;1-2H3. The molecule has 1 aromatic carbocycles. The molecule has 0 bridgehead atoms. The Balaban J connectivity index is 0.00000156. The lowest BCUT2D eigenvalue weighted by atomic mass is 10.1. The number of rotatable bonds is 3. The zero-order valence-electron chi connectivity index (χ0n) is 22.6. The fourth-order valence-corrected chi connectivity index (χ4v) is 5.46. The Hall–Kier alpha value is -3.24. The molecule has 0 saturated carbocycles. The van der Waals surface area contributed by atoms with Crippen molar-refractivity contribution in [1.29, 1.82) is 0 Å². The first-order valence-electron chi connectivity index (χ1n) is 12.5. The van der Waals surface area contributed by atoms with Gasteiger partial charge >= 0.3 is 6.09 Å². The normalized spacial score (nSPS) is 14.8. The van der Waals surface area contributed by atoms with Crippen LogP contribution in [0.1, 0.15) is 51.4 Å². The van der Waals surface area contributed by atoms with E-state index in [4.69, 9.17) is 4.74 Å². The van der Waals surface area contributed by atoms with Gasteiger partial charge in [-0.2, -0.15) is 5.10 Å². The van der Waals surface area contributed by atoms with Crippen molar-refractivity contribution in [3.05, 3.63) is 63.8 Å². The third-order valence-electron chi connectivity index (χ3n) is 6.44. The third-order valence-corrected chi connectivity index (χ3v) is 7.48. The minimum Gasteiger partial charge on any atom is -0.443 e. The molecular weight excluding hydrogens is 490 g/mol. The highest BCUT2D eigenvalue weighted by molar-refractivity contribution is 7.81. The second kappa shape index (κ2) is 10.3. The van der Waals surface area contributed by atoms with Gasteiger partial charge in [-0.05, 0) is 44.4 Å². The zero-order valence-corrected chi connectivity index (χ0v) is 23.4. The van der Waals surface area contributed by atoms with Crippen molar-refractivity contribution < 1.29 is 13.7 Å². The first-order chi connectivity index (χ1) is 17.5. The van der Waals surface area contributed by atoms with E-state index in [0.717, 1.165) is 34.0 Å². The van der Waals surface area contributed by atoms with E-state index in [1.54, 1.807) is 18.6 Å². The van der Waals surface area contributed by atoms with Crippen LogP contribution in [0.3, 0.4) is 0 Å². The maximum atomic E-state index is 13.6. The fourth-order valence-electron chi connectivity index (χ4n) is 4.81. The van der Waals surface area contributed by atoms with E-state index < -0.39 is 22.7 Å². The highest BCUT2D eigenvalue weighted by atomic mass is 32.2. The van der Waals surface area contributed by atoms with Gasteiger partial charge in [0, 0.05) is 42.5 Å². The summed E-state index contributed by atoms with van der Waals surface area (Å²) >= 11 is 0. The molecule has 9 nitrogen and oxygen atoms in total. The van der Waals surface area contributed by atoms with Crippen LogP contribution in [0.4, 0.5) is 4.79 Å². The maximum absolute atomic E-state index is 13.6. The maximum Gasteiger partial charge on any atom is 0.419 e. The molecule has 1 unspecified atom stereocenters. The Morgan fingerprint density at radius 1 is 1.16 bits per heavy atom. The monoisotopic (exact) mass is 525 g/mol. The number of ether oxygens (including phenoxy) is 1. The molecule has 0 fully saturated rings. The van der Waals surface area contributed by atoms with E-state index >= 15 is 0 Å². The van der Waals surface area contributed by atoms with Crippen LogP contribution in [0.2, 0.25) is 0 Å². The van der Waals surface area contributed by atoms with Crippen LogP contribution in [-0.2, 0) is 42.3 Å². The lowest BCUT2D eigenvalue weighted by molar-refractivity contribution is 0.0544. The molecule has 3 aromatic heterocycles. The Kier molecular flexibility index (Phi) is 7.43. The molecule has 0 aliphatic carbocycles. The summed E-state index contributed by atoms with van der Waals surface area (Å²) in [5, 5.41) is 6.20. The van der Waals surface area contributed by atoms with Crippen LogP contribution in [0.5, 0.6) is 0 Å². The van der Waals surface area contributed by atoms with Crippen LogP contribution in [0, 0.1) is 0 Å². The number of para-hydroxylation sites is 1. The molecule has 1 aliphatic heterocycles. The predicted octanol–water partition coefficient (Wildman–Crippen LogP) is 4.20. The number of carbonyl (C=O) groups is 1. The van der Waals surface area contributed by atoms with E-state index in [1.807, 2.05) is 74.8 Å². The summed E-state index contributed by atoms with van der Waals surface area (Å²) in [4.78, 5) is 26.4. The van der Waals surface area contributed by atoms with E-state index in [0.29, 0.717) is 24.1 Å². The number of benzene rings is 1. The molecule has 4 aromatic rings. The number of aryl methyl sites for hydroxylation is 1. The lowest BCUT2D eigenvalue weighted by Crippen LogP contribution is -2.32. The minimum absolute atomic E-state index is 0.197. The zero-order chi connectivity index (χ0) is 27.1. The first kappa shape index (κ1) is 26.8. The Bertz CT molecular complexity index is 1560. The van der Waals surface area contributed by atoms with Gasteiger partial charge in [-0.15, -0.1) is 0 Å².